The first-order valence-electron chi connectivity index (χ1n) is 4.80. The van der Waals surface area contributed by atoms with E-state index in [0.717, 1.165) is 12.8 Å². The molecular weight excluding hydrogens is 178 g/mol. The zero-order valence-corrected chi connectivity index (χ0v) is 8.25. The fourth-order valence-corrected chi connectivity index (χ4v) is 1.13. The Bertz CT molecular complexity index is 310. The van der Waals surface area contributed by atoms with E-state index in [4.69, 9.17) is 0 Å². The average Bonchev–Trinajstić information content (AvgIpc) is 2.18. The highest BCUT2D eigenvalue weighted by molar-refractivity contribution is 5.96. The molecule has 0 unspecified atom stereocenters. The van der Waals surface area contributed by atoms with Crippen molar-refractivity contribution in [3.63, 3.8) is 0 Å². The summed E-state index contributed by atoms with van der Waals surface area (Å²) in [5.74, 6) is -0.495. The summed E-state index contributed by atoms with van der Waals surface area (Å²) >= 11 is 0. The quantitative estimate of drug-likeness (QED) is 0.731. The highest BCUT2D eigenvalue weighted by atomic mass is 16.3. The third-order valence-corrected chi connectivity index (χ3v) is 1.95. The SMILES string of the molecule is CCCCNC(=O)c1ccccc1[O]. The van der Waals surface area contributed by atoms with Crippen molar-refractivity contribution in [1.82, 2.24) is 5.32 Å². The van der Waals surface area contributed by atoms with E-state index in [2.05, 4.69) is 5.32 Å². The molecular formula is C11H14NO2. The molecule has 0 aliphatic rings. The van der Waals surface area contributed by atoms with Gasteiger partial charge in [-0.1, -0.05) is 25.5 Å². The van der Waals surface area contributed by atoms with Crippen molar-refractivity contribution in [2.24, 2.45) is 0 Å². The van der Waals surface area contributed by atoms with Crippen LogP contribution in [0.2, 0.25) is 0 Å². The first kappa shape index (κ1) is 10.6. The second-order valence-corrected chi connectivity index (χ2v) is 3.11. The number of carbonyl (C=O) groups excluding carboxylic acids is 1. The first-order chi connectivity index (χ1) is 6.75. The van der Waals surface area contributed by atoms with Crippen molar-refractivity contribution in [2.75, 3.05) is 6.54 Å². The molecule has 0 aliphatic heterocycles. The van der Waals surface area contributed by atoms with Gasteiger partial charge in [0.15, 0.2) is 5.75 Å². The monoisotopic (exact) mass is 192 g/mol. The van der Waals surface area contributed by atoms with Crippen LogP contribution in [-0.2, 0) is 5.11 Å². The summed E-state index contributed by atoms with van der Waals surface area (Å²) in [6, 6.07) is 6.26. The summed E-state index contributed by atoms with van der Waals surface area (Å²) in [5, 5.41) is 13.9. The van der Waals surface area contributed by atoms with E-state index < -0.39 is 0 Å². The number of hydrogen-bond acceptors (Lipinski definition) is 1. The predicted octanol–water partition coefficient (Wildman–Crippen LogP) is 2.36. The zero-order valence-electron chi connectivity index (χ0n) is 8.25. The van der Waals surface area contributed by atoms with Crippen molar-refractivity contribution in [3.05, 3.63) is 29.8 Å². The molecule has 0 spiro atoms. The van der Waals surface area contributed by atoms with Crippen LogP contribution in [0.1, 0.15) is 30.1 Å². The van der Waals surface area contributed by atoms with Crippen molar-refractivity contribution >= 4 is 5.91 Å². The highest BCUT2D eigenvalue weighted by Gasteiger charge is 2.09. The van der Waals surface area contributed by atoms with Crippen LogP contribution < -0.4 is 5.32 Å². The second kappa shape index (κ2) is 5.27. The lowest BCUT2D eigenvalue weighted by Gasteiger charge is -2.03. The van der Waals surface area contributed by atoms with Gasteiger partial charge in [0.2, 0.25) is 0 Å². The Morgan fingerprint density at radius 2 is 2.07 bits per heavy atom. The Morgan fingerprint density at radius 3 is 2.71 bits per heavy atom. The number of benzene rings is 1. The van der Waals surface area contributed by atoms with Crippen LogP contribution in [0.4, 0.5) is 0 Å². The first-order valence-corrected chi connectivity index (χ1v) is 4.80. The molecule has 0 bridgehead atoms. The number of unbranched alkanes of at least 4 members (excludes halogenated alkanes) is 1. The van der Waals surface area contributed by atoms with E-state index in [0.29, 0.717) is 6.54 Å². The van der Waals surface area contributed by atoms with Gasteiger partial charge in [-0.05, 0) is 18.6 Å². The molecule has 1 radical (unpaired) electrons. The van der Waals surface area contributed by atoms with Crippen LogP contribution >= 0.6 is 0 Å². The van der Waals surface area contributed by atoms with E-state index in [9.17, 15) is 9.90 Å². The number of rotatable bonds is 4. The standard InChI is InChI=1S/C11H14NO2/c1-2-3-8-12-11(14)9-6-4-5-7-10(9)13/h4-7H,2-3,8H2,1H3,(H,12,14). The maximum atomic E-state index is 11.4. The summed E-state index contributed by atoms with van der Waals surface area (Å²) < 4.78 is 0. The van der Waals surface area contributed by atoms with Crippen molar-refractivity contribution in [2.45, 2.75) is 19.8 Å². The third kappa shape index (κ3) is 2.76. The molecule has 0 aromatic heterocycles. The minimum Gasteiger partial charge on any atom is -0.352 e. The van der Waals surface area contributed by atoms with Crippen LogP contribution in [-0.4, -0.2) is 12.5 Å². The number of para-hydroxylation sites is 1. The van der Waals surface area contributed by atoms with Gasteiger partial charge in [0.25, 0.3) is 5.91 Å². The maximum Gasteiger partial charge on any atom is 0.255 e. The lowest BCUT2D eigenvalue weighted by atomic mass is 10.2. The van der Waals surface area contributed by atoms with Gasteiger partial charge in [-0.2, -0.15) is 0 Å². The molecule has 3 nitrogen and oxygen atoms in total. The van der Waals surface area contributed by atoms with Gasteiger partial charge in [-0.25, -0.2) is 0 Å². The molecule has 3 heteroatoms. The minimum atomic E-state index is -0.274. The molecule has 1 amide bonds. The van der Waals surface area contributed by atoms with Crippen molar-refractivity contribution in [3.8, 4) is 5.75 Å². The Labute approximate surface area is 83.8 Å². The Balaban J connectivity index is 2.56. The zero-order chi connectivity index (χ0) is 10.4. The highest BCUT2D eigenvalue weighted by Crippen LogP contribution is 2.15. The lowest BCUT2D eigenvalue weighted by Crippen LogP contribution is -2.24. The molecule has 14 heavy (non-hydrogen) atoms. The van der Waals surface area contributed by atoms with Gasteiger partial charge in [0.05, 0.1) is 5.56 Å². The fraction of sp³-hybridized carbons (Fsp3) is 0.364. The predicted molar refractivity (Wildman–Crippen MR) is 53.8 cm³/mol. The van der Waals surface area contributed by atoms with Crippen LogP contribution in [0, 0.1) is 0 Å². The number of hydrogen-bond donors (Lipinski definition) is 1. The van der Waals surface area contributed by atoms with Crippen LogP contribution in [0.25, 0.3) is 0 Å². The Morgan fingerprint density at radius 1 is 1.36 bits per heavy atom. The molecule has 0 aliphatic carbocycles. The number of nitrogens with one attached hydrogen (secondary N) is 1. The van der Waals surface area contributed by atoms with E-state index in [1.165, 1.54) is 6.07 Å². The molecule has 1 aromatic rings. The maximum absolute atomic E-state index is 11.4. The Kier molecular flexibility index (Phi) is 3.98. The van der Waals surface area contributed by atoms with Crippen molar-refractivity contribution in [1.29, 1.82) is 0 Å². The topological polar surface area (TPSA) is 49.0 Å². The van der Waals surface area contributed by atoms with Gasteiger partial charge >= 0.3 is 0 Å². The molecule has 1 rings (SSSR count). The molecule has 0 fully saturated rings. The summed E-state index contributed by atoms with van der Waals surface area (Å²) in [5.41, 5.74) is 0.226. The molecule has 1 aromatic carbocycles. The number of carbonyl (C=O) groups is 1. The van der Waals surface area contributed by atoms with Crippen LogP contribution in [0.5, 0.6) is 5.75 Å². The lowest BCUT2D eigenvalue weighted by molar-refractivity contribution is 0.0949. The fourth-order valence-electron chi connectivity index (χ4n) is 1.13. The van der Waals surface area contributed by atoms with E-state index in [1.54, 1.807) is 18.2 Å². The van der Waals surface area contributed by atoms with Gasteiger partial charge < -0.3 is 5.32 Å². The van der Waals surface area contributed by atoms with E-state index >= 15 is 0 Å². The van der Waals surface area contributed by atoms with E-state index in [-0.39, 0.29) is 17.2 Å². The number of amides is 1. The smallest absolute Gasteiger partial charge is 0.255 e. The summed E-state index contributed by atoms with van der Waals surface area (Å²) in [6.45, 7) is 2.68. The Hall–Kier alpha value is -1.51. The van der Waals surface area contributed by atoms with E-state index in [1.807, 2.05) is 6.92 Å². The molecule has 0 saturated carbocycles. The average molecular weight is 192 g/mol. The van der Waals surface area contributed by atoms with Crippen molar-refractivity contribution < 1.29 is 9.90 Å². The van der Waals surface area contributed by atoms with Gasteiger partial charge in [-0.15, -0.1) is 0 Å². The summed E-state index contributed by atoms with van der Waals surface area (Å²) in [6.07, 6.45) is 1.96. The van der Waals surface area contributed by atoms with Gasteiger partial charge in [0.1, 0.15) is 0 Å². The normalized spacial score (nSPS) is 9.79. The molecule has 0 atom stereocenters. The molecule has 75 valence electrons. The second-order valence-electron chi connectivity index (χ2n) is 3.11. The third-order valence-electron chi connectivity index (χ3n) is 1.95. The molecule has 1 N–H and O–H groups in total. The van der Waals surface area contributed by atoms with Crippen LogP contribution in [0.3, 0.4) is 0 Å². The minimum absolute atomic E-state index is 0.221. The molecule has 0 saturated heterocycles. The van der Waals surface area contributed by atoms with Gasteiger partial charge in [0, 0.05) is 6.54 Å². The summed E-state index contributed by atoms with van der Waals surface area (Å²) in [7, 11) is 0. The molecule has 0 heterocycles. The summed E-state index contributed by atoms with van der Waals surface area (Å²) in [4.78, 5) is 11.4. The largest absolute Gasteiger partial charge is 0.352 e. The van der Waals surface area contributed by atoms with Gasteiger partial charge in [-0.3, -0.25) is 9.90 Å². The van der Waals surface area contributed by atoms with Crippen LogP contribution in [0.15, 0.2) is 24.3 Å².